The summed E-state index contributed by atoms with van der Waals surface area (Å²) >= 11 is 7.62. The van der Waals surface area contributed by atoms with Crippen molar-refractivity contribution < 1.29 is 9.15 Å². The predicted molar refractivity (Wildman–Crippen MR) is 138 cm³/mol. The van der Waals surface area contributed by atoms with Crippen molar-refractivity contribution in [2.45, 2.75) is 24.3 Å². The van der Waals surface area contributed by atoms with Gasteiger partial charge in [-0.05, 0) is 62.2 Å². The van der Waals surface area contributed by atoms with Gasteiger partial charge < -0.3 is 19.4 Å². The summed E-state index contributed by atoms with van der Waals surface area (Å²) in [6.07, 6.45) is 3.11. The molecule has 0 saturated carbocycles. The highest BCUT2D eigenvalue weighted by Gasteiger charge is 2.23. The molecule has 1 aliphatic heterocycles. The van der Waals surface area contributed by atoms with Crippen molar-refractivity contribution in [3.63, 3.8) is 0 Å². The van der Waals surface area contributed by atoms with E-state index in [0.29, 0.717) is 0 Å². The lowest BCUT2D eigenvalue weighted by Gasteiger charge is -2.32. The smallest absolute Gasteiger partial charge is 0.174 e. The molecule has 2 heterocycles. The number of nitrogens with one attached hydrogen (secondary N) is 1. The zero-order valence-corrected chi connectivity index (χ0v) is 20.4. The molecule has 1 saturated heterocycles. The summed E-state index contributed by atoms with van der Waals surface area (Å²) in [4.78, 5) is 5.92. The minimum absolute atomic E-state index is 0.0239. The minimum atomic E-state index is 0.0239. The normalized spacial score (nSPS) is 15.6. The number of hydrogen-bond donors (Lipinski definition) is 1. The maximum absolute atomic E-state index is 6.18. The molecular formula is C25H31N3O2S2. The van der Waals surface area contributed by atoms with Gasteiger partial charge >= 0.3 is 0 Å². The average molecular weight is 470 g/mol. The molecule has 1 aromatic heterocycles. The van der Waals surface area contributed by atoms with E-state index in [1.165, 1.54) is 4.90 Å². The third kappa shape index (κ3) is 5.84. The monoisotopic (exact) mass is 469 g/mol. The van der Waals surface area contributed by atoms with Crippen LogP contribution in [-0.2, 0) is 4.74 Å². The molecule has 1 atom stereocenters. The Morgan fingerprint density at radius 2 is 1.97 bits per heavy atom. The Morgan fingerprint density at radius 1 is 1.16 bits per heavy atom. The van der Waals surface area contributed by atoms with Crippen molar-refractivity contribution >= 4 is 45.7 Å². The summed E-state index contributed by atoms with van der Waals surface area (Å²) < 4.78 is 11.7. The second-order valence-electron chi connectivity index (χ2n) is 8.03. The number of thiocarbonyl (C=S) groups is 1. The lowest BCUT2D eigenvalue weighted by molar-refractivity contribution is 0.0365. The van der Waals surface area contributed by atoms with Gasteiger partial charge in [0, 0.05) is 42.1 Å². The van der Waals surface area contributed by atoms with Gasteiger partial charge in [-0.25, -0.2) is 0 Å². The molecule has 0 aliphatic carbocycles. The van der Waals surface area contributed by atoms with Gasteiger partial charge in [0.05, 0.1) is 19.3 Å². The van der Waals surface area contributed by atoms with Crippen LogP contribution in [0.3, 0.4) is 0 Å². The molecule has 0 unspecified atom stereocenters. The van der Waals surface area contributed by atoms with Crippen LogP contribution in [0.5, 0.6) is 0 Å². The van der Waals surface area contributed by atoms with E-state index in [1.54, 1.807) is 11.8 Å². The molecule has 1 N–H and O–H groups in total. The third-order valence-electron chi connectivity index (χ3n) is 5.88. The van der Waals surface area contributed by atoms with E-state index in [2.05, 4.69) is 64.7 Å². The molecule has 7 heteroatoms. The highest BCUT2D eigenvalue weighted by Crippen LogP contribution is 2.28. The number of thioether (sulfide) groups is 1. The number of benzene rings is 2. The van der Waals surface area contributed by atoms with Gasteiger partial charge in [0.2, 0.25) is 0 Å². The number of ether oxygens (including phenoxy) is 1. The van der Waals surface area contributed by atoms with Crippen molar-refractivity contribution in [1.29, 1.82) is 0 Å². The van der Waals surface area contributed by atoms with Crippen LogP contribution < -0.4 is 5.32 Å². The SMILES string of the molecule is CSc1cccc(NC(=S)N(CCCN2CCOCC2)[C@H](C)c2cc3ccccc3o2)c1. The Bertz CT molecular complexity index is 1000. The van der Waals surface area contributed by atoms with Crippen molar-refractivity contribution in [1.82, 2.24) is 9.80 Å². The Kier molecular flexibility index (Phi) is 8.08. The van der Waals surface area contributed by atoms with E-state index < -0.39 is 0 Å². The van der Waals surface area contributed by atoms with E-state index >= 15 is 0 Å². The first-order chi connectivity index (χ1) is 15.6. The van der Waals surface area contributed by atoms with Crippen LogP contribution in [0.4, 0.5) is 5.69 Å². The number of furan rings is 1. The summed E-state index contributed by atoms with van der Waals surface area (Å²) in [6, 6.07) is 18.7. The summed E-state index contributed by atoms with van der Waals surface area (Å²) in [6.45, 7) is 7.71. The lowest BCUT2D eigenvalue weighted by atomic mass is 10.2. The second-order valence-corrected chi connectivity index (χ2v) is 9.29. The van der Waals surface area contributed by atoms with Crippen LogP contribution >= 0.6 is 24.0 Å². The van der Waals surface area contributed by atoms with E-state index in [-0.39, 0.29) is 6.04 Å². The second kappa shape index (κ2) is 11.2. The molecule has 170 valence electrons. The number of rotatable bonds is 8. The van der Waals surface area contributed by atoms with Crippen molar-refractivity contribution in [2.75, 3.05) is 51.0 Å². The molecule has 4 rings (SSSR count). The molecule has 1 aliphatic rings. The summed E-state index contributed by atoms with van der Waals surface area (Å²) in [5.74, 6) is 0.930. The van der Waals surface area contributed by atoms with Crippen molar-refractivity contribution in [3.05, 3.63) is 60.4 Å². The third-order valence-corrected chi connectivity index (χ3v) is 6.94. The lowest BCUT2D eigenvalue weighted by Crippen LogP contribution is -2.41. The van der Waals surface area contributed by atoms with Gasteiger partial charge in [0.25, 0.3) is 0 Å². The van der Waals surface area contributed by atoms with Gasteiger partial charge in [-0.2, -0.15) is 0 Å². The Labute approximate surface area is 200 Å². The van der Waals surface area contributed by atoms with Gasteiger partial charge in [0.15, 0.2) is 5.11 Å². The van der Waals surface area contributed by atoms with Crippen molar-refractivity contribution in [2.24, 2.45) is 0 Å². The highest BCUT2D eigenvalue weighted by atomic mass is 32.2. The molecule has 32 heavy (non-hydrogen) atoms. The zero-order valence-electron chi connectivity index (χ0n) is 18.8. The molecule has 1 fully saturated rings. The molecule has 0 amide bonds. The summed E-state index contributed by atoms with van der Waals surface area (Å²) in [5.41, 5.74) is 1.92. The van der Waals surface area contributed by atoms with E-state index in [0.717, 1.165) is 73.3 Å². The quantitative estimate of drug-likeness (QED) is 0.338. The summed E-state index contributed by atoms with van der Waals surface area (Å²) in [7, 11) is 0. The maximum Gasteiger partial charge on any atom is 0.174 e. The van der Waals surface area contributed by atoms with Crippen LogP contribution in [0.15, 0.2) is 63.9 Å². The highest BCUT2D eigenvalue weighted by molar-refractivity contribution is 7.98. The first-order valence-electron chi connectivity index (χ1n) is 11.1. The number of anilines is 1. The topological polar surface area (TPSA) is 40.9 Å². The first kappa shape index (κ1) is 23.1. The average Bonchev–Trinajstić information content (AvgIpc) is 3.26. The standard InChI is InChI=1S/C25H31N3O2S2/c1-19(24-17-20-7-3-4-10-23(20)30-24)28(12-6-11-27-13-15-29-16-14-27)25(31)26-21-8-5-9-22(18-21)32-2/h3-5,7-10,17-19H,6,11-16H2,1-2H3,(H,26,31)/t19-/m1/s1. The molecule has 0 radical (unpaired) electrons. The van der Waals surface area contributed by atoms with E-state index in [9.17, 15) is 0 Å². The predicted octanol–water partition coefficient (Wildman–Crippen LogP) is 5.64. The van der Waals surface area contributed by atoms with Crippen LogP contribution in [-0.4, -0.2) is 60.6 Å². The Balaban J connectivity index is 1.49. The molecule has 0 spiro atoms. The molecular weight excluding hydrogens is 438 g/mol. The number of hydrogen-bond acceptors (Lipinski definition) is 5. The van der Waals surface area contributed by atoms with E-state index in [1.807, 2.05) is 18.2 Å². The number of fused-ring (bicyclic) bond motifs is 1. The molecule has 2 aromatic carbocycles. The van der Waals surface area contributed by atoms with Crippen LogP contribution in [0.25, 0.3) is 11.0 Å². The number of morpholine rings is 1. The molecule has 0 bridgehead atoms. The van der Waals surface area contributed by atoms with Gasteiger partial charge in [-0.3, -0.25) is 4.90 Å². The Morgan fingerprint density at radius 3 is 2.75 bits per heavy atom. The fourth-order valence-electron chi connectivity index (χ4n) is 4.02. The van der Waals surface area contributed by atoms with Gasteiger partial charge in [0.1, 0.15) is 11.3 Å². The van der Waals surface area contributed by atoms with Crippen molar-refractivity contribution in [3.8, 4) is 0 Å². The van der Waals surface area contributed by atoms with Crippen LogP contribution in [0.2, 0.25) is 0 Å². The molecule has 3 aromatic rings. The first-order valence-corrected chi connectivity index (χ1v) is 12.8. The van der Waals surface area contributed by atoms with Gasteiger partial charge in [-0.15, -0.1) is 11.8 Å². The summed E-state index contributed by atoms with van der Waals surface area (Å²) in [5, 5.41) is 5.30. The number of nitrogens with zero attached hydrogens (tertiary/aromatic N) is 2. The zero-order chi connectivity index (χ0) is 22.3. The minimum Gasteiger partial charge on any atom is -0.459 e. The fraction of sp³-hybridized carbons (Fsp3) is 0.400. The Hall–Kier alpha value is -2.06. The molecule has 5 nitrogen and oxygen atoms in total. The largest absolute Gasteiger partial charge is 0.459 e. The van der Waals surface area contributed by atoms with Crippen LogP contribution in [0, 0.1) is 0 Å². The van der Waals surface area contributed by atoms with E-state index in [4.69, 9.17) is 21.4 Å². The maximum atomic E-state index is 6.18. The fourth-order valence-corrected chi connectivity index (χ4v) is 4.85. The van der Waals surface area contributed by atoms with Gasteiger partial charge in [-0.1, -0.05) is 24.3 Å². The number of para-hydroxylation sites is 1. The van der Waals surface area contributed by atoms with Crippen LogP contribution in [0.1, 0.15) is 25.1 Å².